The summed E-state index contributed by atoms with van der Waals surface area (Å²) in [6.07, 6.45) is 0. The lowest BCUT2D eigenvalue weighted by Crippen LogP contribution is -2.38. The molecule has 0 aliphatic heterocycles. The molecule has 0 fully saturated rings. The molecule has 1 aromatic carbocycles. The smallest absolute Gasteiger partial charge is 0.234 e. The molecule has 1 aromatic rings. The van der Waals surface area contributed by atoms with Crippen LogP contribution in [0, 0.1) is 13.8 Å². The Morgan fingerprint density at radius 3 is 2.38 bits per heavy atom. The highest BCUT2D eigenvalue weighted by Gasteiger charge is 2.09. The zero-order valence-corrected chi connectivity index (χ0v) is 10.6. The maximum absolute atomic E-state index is 10.9. The first-order valence-electron chi connectivity index (χ1n) is 5.20. The molecule has 0 radical (unpaired) electrons. The van der Waals surface area contributed by atoms with E-state index >= 15 is 0 Å². The van der Waals surface area contributed by atoms with Gasteiger partial charge in [0, 0.05) is 11.6 Å². The van der Waals surface area contributed by atoms with Gasteiger partial charge in [-0.3, -0.25) is 4.79 Å². The van der Waals surface area contributed by atoms with E-state index in [4.69, 9.17) is 17.3 Å². The zero-order chi connectivity index (χ0) is 12.3. The monoisotopic (exact) mass is 240 g/mol. The number of hydrogen-bond donors (Lipinski definition) is 2. The quantitative estimate of drug-likeness (QED) is 0.845. The van der Waals surface area contributed by atoms with E-state index in [1.807, 2.05) is 26.0 Å². The Morgan fingerprint density at radius 2 is 1.94 bits per heavy atom. The van der Waals surface area contributed by atoms with Crippen LogP contribution in [0.15, 0.2) is 12.1 Å². The van der Waals surface area contributed by atoms with Crippen LogP contribution in [0.5, 0.6) is 0 Å². The minimum Gasteiger partial charge on any atom is -0.368 e. The second-order valence-electron chi connectivity index (χ2n) is 4.02. The molecule has 0 spiro atoms. The number of primary amides is 1. The van der Waals surface area contributed by atoms with E-state index in [9.17, 15) is 4.79 Å². The molecule has 1 amide bonds. The summed E-state index contributed by atoms with van der Waals surface area (Å²) in [5, 5.41) is 3.82. The molecule has 0 heterocycles. The van der Waals surface area contributed by atoms with Gasteiger partial charge in [0.15, 0.2) is 0 Å². The van der Waals surface area contributed by atoms with E-state index in [0.717, 1.165) is 21.7 Å². The Bertz CT molecular complexity index is 381. The van der Waals surface area contributed by atoms with Crippen LogP contribution >= 0.6 is 11.6 Å². The number of carbonyl (C=O) groups is 1. The fraction of sp³-hybridized carbons (Fsp3) is 0.417. The number of nitrogens with two attached hydrogens (primary N) is 1. The Hall–Kier alpha value is -1.06. The van der Waals surface area contributed by atoms with E-state index in [1.54, 1.807) is 6.92 Å². The Kier molecular flexibility index (Phi) is 4.33. The average Bonchev–Trinajstić information content (AvgIpc) is 2.15. The fourth-order valence-electron chi connectivity index (χ4n) is 1.58. The molecule has 16 heavy (non-hydrogen) atoms. The third-order valence-electron chi connectivity index (χ3n) is 2.67. The van der Waals surface area contributed by atoms with Gasteiger partial charge in [-0.2, -0.15) is 0 Å². The number of amides is 1. The molecule has 4 heteroatoms. The summed E-state index contributed by atoms with van der Waals surface area (Å²) in [5.41, 5.74) is 8.58. The third-order valence-corrected chi connectivity index (χ3v) is 2.89. The lowest BCUT2D eigenvalue weighted by Gasteiger charge is -2.14. The molecule has 1 unspecified atom stereocenters. The van der Waals surface area contributed by atoms with Crippen LogP contribution in [0.1, 0.15) is 23.6 Å². The summed E-state index contributed by atoms with van der Waals surface area (Å²) in [6.45, 7) is 6.39. The summed E-state index contributed by atoms with van der Waals surface area (Å²) in [7, 11) is 0. The first kappa shape index (κ1) is 13.0. The topological polar surface area (TPSA) is 55.1 Å². The predicted octanol–water partition coefficient (Wildman–Crippen LogP) is 1.92. The molecule has 3 N–H and O–H groups in total. The van der Waals surface area contributed by atoms with Crippen molar-refractivity contribution in [2.24, 2.45) is 5.73 Å². The van der Waals surface area contributed by atoms with Gasteiger partial charge in [0.25, 0.3) is 0 Å². The molecule has 0 saturated heterocycles. The van der Waals surface area contributed by atoms with Gasteiger partial charge in [-0.05, 0) is 49.6 Å². The van der Waals surface area contributed by atoms with Gasteiger partial charge in [0.1, 0.15) is 0 Å². The lowest BCUT2D eigenvalue weighted by atomic mass is 10.0. The normalized spacial score (nSPS) is 12.5. The second kappa shape index (κ2) is 5.32. The van der Waals surface area contributed by atoms with E-state index < -0.39 is 0 Å². The average molecular weight is 241 g/mol. The van der Waals surface area contributed by atoms with Gasteiger partial charge in [0.05, 0.1) is 6.04 Å². The maximum Gasteiger partial charge on any atom is 0.234 e. The summed E-state index contributed by atoms with van der Waals surface area (Å²) in [6, 6.07) is 3.51. The number of benzene rings is 1. The van der Waals surface area contributed by atoms with Crippen LogP contribution in [0.3, 0.4) is 0 Å². The first-order chi connectivity index (χ1) is 7.41. The molecular weight excluding hydrogens is 224 g/mol. The number of carbonyl (C=O) groups excluding carboxylic acids is 1. The van der Waals surface area contributed by atoms with Crippen molar-refractivity contribution in [3.05, 3.63) is 33.8 Å². The predicted molar refractivity (Wildman–Crippen MR) is 66.4 cm³/mol. The number of aryl methyl sites for hydroxylation is 2. The van der Waals surface area contributed by atoms with Crippen molar-refractivity contribution < 1.29 is 4.79 Å². The number of halogens is 1. The Morgan fingerprint density at radius 1 is 1.44 bits per heavy atom. The van der Waals surface area contributed by atoms with Crippen LogP contribution in [-0.2, 0) is 11.3 Å². The standard InChI is InChI=1S/C12H17ClN2O/c1-7-4-10(13)5-8(2)11(7)6-15-9(3)12(14)16/h4-5,9,15H,6H2,1-3H3,(H2,14,16). The van der Waals surface area contributed by atoms with Crippen molar-refractivity contribution in [2.75, 3.05) is 0 Å². The van der Waals surface area contributed by atoms with Gasteiger partial charge >= 0.3 is 0 Å². The van der Waals surface area contributed by atoms with Crippen LogP contribution in [0.2, 0.25) is 5.02 Å². The fourth-order valence-corrected chi connectivity index (χ4v) is 1.90. The Labute approximate surface area is 101 Å². The van der Waals surface area contributed by atoms with Crippen LogP contribution < -0.4 is 11.1 Å². The molecule has 0 bridgehead atoms. The molecule has 0 aliphatic rings. The van der Waals surface area contributed by atoms with Crippen LogP contribution in [-0.4, -0.2) is 11.9 Å². The van der Waals surface area contributed by atoms with Crippen molar-refractivity contribution in [3.8, 4) is 0 Å². The molecule has 1 rings (SSSR count). The van der Waals surface area contributed by atoms with Crippen LogP contribution in [0.4, 0.5) is 0 Å². The lowest BCUT2D eigenvalue weighted by molar-refractivity contribution is -0.119. The van der Waals surface area contributed by atoms with Gasteiger partial charge < -0.3 is 11.1 Å². The minimum absolute atomic E-state index is 0.325. The van der Waals surface area contributed by atoms with E-state index in [0.29, 0.717) is 6.54 Å². The molecule has 0 aliphatic carbocycles. The van der Waals surface area contributed by atoms with Crippen molar-refractivity contribution in [3.63, 3.8) is 0 Å². The molecule has 1 atom stereocenters. The molecule has 88 valence electrons. The highest BCUT2D eigenvalue weighted by atomic mass is 35.5. The summed E-state index contributed by atoms with van der Waals surface area (Å²) in [5.74, 6) is -0.343. The van der Waals surface area contributed by atoms with E-state index in [2.05, 4.69) is 5.32 Å². The van der Waals surface area contributed by atoms with Crippen LogP contribution in [0.25, 0.3) is 0 Å². The summed E-state index contributed by atoms with van der Waals surface area (Å²) in [4.78, 5) is 10.9. The maximum atomic E-state index is 10.9. The highest BCUT2D eigenvalue weighted by molar-refractivity contribution is 6.30. The van der Waals surface area contributed by atoms with E-state index in [1.165, 1.54) is 0 Å². The third kappa shape index (κ3) is 3.22. The van der Waals surface area contributed by atoms with Gasteiger partial charge in [0.2, 0.25) is 5.91 Å². The number of nitrogens with one attached hydrogen (secondary N) is 1. The van der Waals surface area contributed by atoms with Crippen molar-refractivity contribution in [1.82, 2.24) is 5.32 Å². The largest absolute Gasteiger partial charge is 0.368 e. The van der Waals surface area contributed by atoms with Crippen molar-refractivity contribution in [2.45, 2.75) is 33.4 Å². The number of rotatable bonds is 4. The van der Waals surface area contributed by atoms with Gasteiger partial charge in [-0.1, -0.05) is 11.6 Å². The van der Waals surface area contributed by atoms with Crippen molar-refractivity contribution in [1.29, 1.82) is 0 Å². The molecule has 0 saturated carbocycles. The second-order valence-corrected chi connectivity index (χ2v) is 4.46. The van der Waals surface area contributed by atoms with Crippen molar-refractivity contribution >= 4 is 17.5 Å². The summed E-state index contributed by atoms with van der Waals surface area (Å²) >= 11 is 5.94. The first-order valence-corrected chi connectivity index (χ1v) is 5.58. The molecule has 0 aromatic heterocycles. The summed E-state index contributed by atoms with van der Waals surface area (Å²) < 4.78 is 0. The zero-order valence-electron chi connectivity index (χ0n) is 9.80. The van der Waals surface area contributed by atoms with Gasteiger partial charge in [-0.15, -0.1) is 0 Å². The molecular formula is C12H17ClN2O. The minimum atomic E-state index is -0.343. The molecule has 3 nitrogen and oxygen atoms in total. The number of hydrogen-bond acceptors (Lipinski definition) is 2. The SMILES string of the molecule is Cc1cc(Cl)cc(C)c1CNC(C)C(N)=O. The highest BCUT2D eigenvalue weighted by Crippen LogP contribution is 2.19. The van der Waals surface area contributed by atoms with E-state index in [-0.39, 0.29) is 11.9 Å². The Balaban J connectivity index is 2.78. The van der Waals surface area contributed by atoms with Gasteiger partial charge in [-0.25, -0.2) is 0 Å².